The van der Waals surface area contributed by atoms with Gasteiger partial charge in [-0.25, -0.2) is 4.79 Å². The van der Waals surface area contributed by atoms with Crippen LogP contribution in [-0.2, 0) is 4.84 Å². The first kappa shape index (κ1) is 15.5. The van der Waals surface area contributed by atoms with Crippen molar-refractivity contribution in [1.82, 2.24) is 0 Å². The molecule has 0 amide bonds. The van der Waals surface area contributed by atoms with Gasteiger partial charge >= 0.3 is 5.97 Å². The second-order valence-electron chi connectivity index (χ2n) is 4.84. The fraction of sp³-hybridized carbons (Fsp3) is 0.111. The summed E-state index contributed by atoms with van der Waals surface area (Å²) in [5.74, 6) is -0.472. The lowest BCUT2D eigenvalue weighted by Gasteiger charge is -2.11. The minimum Gasteiger partial charge on any atom is -0.378 e. The number of carbonyl (C=O) groups excluding carboxylic acids is 1. The van der Waals surface area contributed by atoms with E-state index >= 15 is 0 Å². The Bertz CT molecular complexity index is 659. The van der Waals surface area contributed by atoms with Crippen molar-refractivity contribution in [3.05, 3.63) is 71.8 Å². The third kappa shape index (κ3) is 4.59. The topological polar surface area (TPSA) is 41.9 Å². The third-order valence-electron chi connectivity index (χ3n) is 2.99. The summed E-state index contributed by atoms with van der Waals surface area (Å²) in [4.78, 5) is 18.4. The van der Waals surface area contributed by atoms with E-state index in [1.807, 2.05) is 55.4 Å². The summed E-state index contributed by atoms with van der Waals surface area (Å²) in [5, 5.41) is 3.64. The Morgan fingerprint density at radius 2 is 1.73 bits per heavy atom. The number of carbonyl (C=O) groups is 1. The molecule has 0 radical (unpaired) electrons. The SMILES string of the molecule is CN(C)c1ccc(/C=C/C=N\OC(=O)c2ccccc2)cc1. The van der Waals surface area contributed by atoms with Crippen LogP contribution in [0.25, 0.3) is 6.08 Å². The number of oxime groups is 1. The predicted molar refractivity (Wildman–Crippen MR) is 90.2 cm³/mol. The zero-order chi connectivity index (χ0) is 15.8. The van der Waals surface area contributed by atoms with E-state index in [0.717, 1.165) is 11.3 Å². The monoisotopic (exact) mass is 294 g/mol. The minimum atomic E-state index is -0.472. The van der Waals surface area contributed by atoms with Crippen molar-refractivity contribution in [3.63, 3.8) is 0 Å². The van der Waals surface area contributed by atoms with Crippen molar-refractivity contribution >= 4 is 23.9 Å². The summed E-state index contributed by atoms with van der Waals surface area (Å²) in [7, 11) is 4.00. The molecule has 0 fully saturated rings. The molecule has 0 spiro atoms. The van der Waals surface area contributed by atoms with Gasteiger partial charge in [0.05, 0.1) is 11.8 Å². The van der Waals surface area contributed by atoms with Crippen LogP contribution >= 0.6 is 0 Å². The quantitative estimate of drug-likeness (QED) is 0.480. The maximum atomic E-state index is 11.6. The van der Waals surface area contributed by atoms with Crippen LogP contribution in [0, 0.1) is 0 Å². The minimum absolute atomic E-state index is 0.472. The summed E-state index contributed by atoms with van der Waals surface area (Å²) in [6.07, 6.45) is 5.06. The smallest absolute Gasteiger partial charge is 0.365 e. The molecule has 0 aliphatic carbocycles. The average Bonchev–Trinajstić information content (AvgIpc) is 2.55. The highest BCUT2D eigenvalue weighted by Gasteiger charge is 2.03. The number of hydrogen-bond donors (Lipinski definition) is 0. The lowest BCUT2D eigenvalue weighted by molar-refractivity contribution is 0.0519. The molecule has 22 heavy (non-hydrogen) atoms. The zero-order valence-electron chi connectivity index (χ0n) is 12.6. The Labute approximate surface area is 130 Å². The lowest BCUT2D eigenvalue weighted by Crippen LogP contribution is -2.07. The zero-order valence-corrected chi connectivity index (χ0v) is 12.6. The lowest BCUT2D eigenvalue weighted by atomic mass is 10.2. The van der Waals surface area contributed by atoms with Crippen LogP contribution in [0.4, 0.5) is 5.69 Å². The number of rotatable bonds is 5. The average molecular weight is 294 g/mol. The molecule has 0 N–H and O–H groups in total. The Hall–Kier alpha value is -2.88. The van der Waals surface area contributed by atoms with E-state index in [1.54, 1.807) is 30.3 Å². The second-order valence-corrected chi connectivity index (χ2v) is 4.84. The first-order valence-corrected chi connectivity index (χ1v) is 6.90. The molecule has 0 atom stereocenters. The van der Waals surface area contributed by atoms with Crippen LogP contribution in [-0.4, -0.2) is 26.3 Å². The molecule has 4 nitrogen and oxygen atoms in total. The molecule has 0 saturated heterocycles. The molecule has 2 aromatic carbocycles. The maximum Gasteiger partial charge on any atom is 0.365 e. The first-order valence-electron chi connectivity index (χ1n) is 6.90. The molecule has 0 aromatic heterocycles. The standard InChI is InChI=1S/C18H18N2O2/c1-20(2)17-12-10-15(11-13-17)7-6-14-19-22-18(21)16-8-4-3-5-9-16/h3-14H,1-2H3/b7-6+,19-14-. The molecule has 0 aliphatic heterocycles. The number of nitrogens with zero attached hydrogens (tertiary/aromatic N) is 2. The van der Waals surface area contributed by atoms with Crippen molar-refractivity contribution in [1.29, 1.82) is 0 Å². The van der Waals surface area contributed by atoms with Crippen LogP contribution in [0.3, 0.4) is 0 Å². The fourth-order valence-electron chi connectivity index (χ4n) is 1.78. The number of benzene rings is 2. The molecular weight excluding hydrogens is 276 g/mol. The van der Waals surface area contributed by atoms with Gasteiger partial charge in [-0.15, -0.1) is 0 Å². The van der Waals surface area contributed by atoms with E-state index in [4.69, 9.17) is 4.84 Å². The number of hydrogen-bond acceptors (Lipinski definition) is 4. The van der Waals surface area contributed by atoms with E-state index in [9.17, 15) is 4.79 Å². The van der Waals surface area contributed by atoms with Gasteiger partial charge in [-0.3, -0.25) is 0 Å². The fourth-order valence-corrected chi connectivity index (χ4v) is 1.78. The maximum absolute atomic E-state index is 11.6. The first-order chi connectivity index (χ1) is 10.7. The number of allylic oxidation sites excluding steroid dienone is 1. The van der Waals surface area contributed by atoms with Crippen LogP contribution in [0.5, 0.6) is 0 Å². The molecule has 4 heteroatoms. The van der Waals surface area contributed by atoms with Crippen molar-refractivity contribution < 1.29 is 9.63 Å². The van der Waals surface area contributed by atoms with Crippen LogP contribution in [0.2, 0.25) is 0 Å². The third-order valence-corrected chi connectivity index (χ3v) is 2.99. The highest BCUT2D eigenvalue weighted by atomic mass is 16.7. The van der Waals surface area contributed by atoms with Crippen LogP contribution < -0.4 is 4.90 Å². The Kier molecular flexibility index (Phi) is 5.49. The van der Waals surface area contributed by atoms with E-state index in [2.05, 4.69) is 5.16 Å². The van der Waals surface area contributed by atoms with Crippen molar-refractivity contribution in [3.8, 4) is 0 Å². The predicted octanol–water partition coefficient (Wildman–Crippen LogP) is 3.61. The molecule has 2 rings (SSSR count). The van der Waals surface area contributed by atoms with Gasteiger partial charge in [-0.1, -0.05) is 41.6 Å². The summed E-state index contributed by atoms with van der Waals surface area (Å²) in [5.41, 5.74) is 2.66. The largest absolute Gasteiger partial charge is 0.378 e. The molecule has 0 heterocycles. The van der Waals surface area contributed by atoms with E-state index in [0.29, 0.717) is 5.56 Å². The van der Waals surface area contributed by atoms with E-state index in [1.165, 1.54) is 6.21 Å². The summed E-state index contributed by atoms with van der Waals surface area (Å²) in [6.45, 7) is 0. The van der Waals surface area contributed by atoms with Gasteiger partial charge in [0, 0.05) is 19.8 Å². The van der Waals surface area contributed by atoms with Gasteiger partial charge in [-0.2, -0.15) is 0 Å². The molecular formula is C18H18N2O2. The molecule has 0 aliphatic rings. The van der Waals surface area contributed by atoms with Crippen LogP contribution in [0.15, 0.2) is 65.8 Å². The van der Waals surface area contributed by atoms with Crippen molar-refractivity contribution in [2.45, 2.75) is 0 Å². The molecule has 0 bridgehead atoms. The van der Waals surface area contributed by atoms with E-state index < -0.39 is 5.97 Å². The van der Waals surface area contributed by atoms with Gasteiger partial charge in [0.1, 0.15) is 0 Å². The number of anilines is 1. The van der Waals surface area contributed by atoms with E-state index in [-0.39, 0.29) is 0 Å². The van der Waals surface area contributed by atoms with Crippen LogP contribution in [0.1, 0.15) is 15.9 Å². The summed E-state index contributed by atoms with van der Waals surface area (Å²) < 4.78 is 0. The summed E-state index contributed by atoms with van der Waals surface area (Å²) >= 11 is 0. The van der Waals surface area contributed by atoms with Gasteiger partial charge < -0.3 is 9.74 Å². The molecule has 2 aromatic rings. The highest BCUT2D eigenvalue weighted by Crippen LogP contribution is 2.12. The molecule has 0 unspecified atom stereocenters. The normalized spacial score (nSPS) is 11.0. The van der Waals surface area contributed by atoms with Gasteiger partial charge in [0.25, 0.3) is 0 Å². The van der Waals surface area contributed by atoms with Gasteiger partial charge in [0.2, 0.25) is 0 Å². The highest BCUT2D eigenvalue weighted by molar-refractivity contribution is 5.89. The second kappa shape index (κ2) is 7.78. The summed E-state index contributed by atoms with van der Waals surface area (Å²) in [6, 6.07) is 16.8. The Morgan fingerprint density at radius 3 is 2.36 bits per heavy atom. The van der Waals surface area contributed by atoms with Gasteiger partial charge in [-0.05, 0) is 35.9 Å². The Balaban J connectivity index is 1.85. The Morgan fingerprint density at radius 1 is 1.05 bits per heavy atom. The molecule has 0 saturated carbocycles. The molecule has 112 valence electrons. The van der Waals surface area contributed by atoms with Crippen molar-refractivity contribution in [2.24, 2.45) is 5.16 Å². The van der Waals surface area contributed by atoms with Crippen molar-refractivity contribution in [2.75, 3.05) is 19.0 Å². The van der Waals surface area contributed by atoms with Gasteiger partial charge in [0.15, 0.2) is 0 Å².